The highest BCUT2D eigenvalue weighted by Crippen LogP contribution is 2.44. The van der Waals surface area contributed by atoms with Gasteiger partial charge in [-0.1, -0.05) is 25.5 Å². The molecule has 0 heterocycles. The van der Waals surface area contributed by atoms with E-state index in [9.17, 15) is 0 Å². The molecule has 0 bridgehead atoms. The fraction of sp³-hybridized carbons (Fsp3) is 0.800. The van der Waals surface area contributed by atoms with Crippen LogP contribution in [0.15, 0.2) is 12.2 Å². The zero-order valence-electron chi connectivity index (χ0n) is 7.19. The minimum atomic E-state index is 0.722. The molecule has 0 atom stereocenters. The lowest BCUT2D eigenvalue weighted by molar-refractivity contribution is 0.148. The van der Waals surface area contributed by atoms with Crippen molar-refractivity contribution in [2.24, 2.45) is 5.41 Å². The van der Waals surface area contributed by atoms with Crippen LogP contribution in [0.25, 0.3) is 0 Å². The highest BCUT2D eigenvalue weighted by molar-refractivity contribution is 4.87. The number of hydrogen-bond donors (Lipinski definition) is 0. The van der Waals surface area contributed by atoms with E-state index in [-0.39, 0.29) is 0 Å². The second-order valence-electron chi connectivity index (χ2n) is 3.77. The highest BCUT2D eigenvalue weighted by Gasteiger charge is 2.30. The van der Waals surface area contributed by atoms with Gasteiger partial charge in [-0.2, -0.15) is 0 Å². The molecule has 0 aliphatic heterocycles. The lowest BCUT2D eigenvalue weighted by Crippen LogP contribution is -2.24. The van der Waals surface area contributed by atoms with Gasteiger partial charge in [-0.05, 0) is 38.0 Å². The summed E-state index contributed by atoms with van der Waals surface area (Å²) in [5.41, 5.74) is 0.722. The van der Waals surface area contributed by atoms with E-state index in [0.717, 1.165) is 5.41 Å². The Bertz CT molecular complexity index is 118. The predicted octanol–water partition coefficient (Wildman–Crippen LogP) is 3.53. The summed E-state index contributed by atoms with van der Waals surface area (Å²) in [6, 6.07) is 0. The first-order valence-electron chi connectivity index (χ1n) is 4.38. The van der Waals surface area contributed by atoms with Gasteiger partial charge in [0.25, 0.3) is 0 Å². The fourth-order valence-electron chi connectivity index (χ4n) is 1.63. The maximum Gasteiger partial charge on any atom is -0.0323 e. The van der Waals surface area contributed by atoms with Crippen molar-refractivity contribution in [3.05, 3.63) is 12.2 Å². The highest BCUT2D eigenvalue weighted by atomic mass is 14.4. The number of allylic oxidation sites excluding steroid dienone is 2. The van der Waals surface area contributed by atoms with Crippen LogP contribution in [0.3, 0.4) is 0 Å². The molecule has 0 nitrogen and oxygen atoms in total. The summed E-state index contributed by atoms with van der Waals surface area (Å²) in [5.74, 6) is 0. The Kier molecular flexibility index (Phi) is 2.53. The van der Waals surface area contributed by atoms with E-state index in [1.165, 1.54) is 32.1 Å². The topological polar surface area (TPSA) is 0 Å². The van der Waals surface area contributed by atoms with Gasteiger partial charge in [-0.25, -0.2) is 0 Å². The number of hydrogen-bond acceptors (Lipinski definition) is 0. The third-order valence-corrected chi connectivity index (χ3v) is 2.71. The van der Waals surface area contributed by atoms with Gasteiger partial charge >= 0.3 is 0 Å². The van der Waals surface area contributed by atoms with Crippen LogP contribution in [0.4, 0.5) is 0 Å². The van der Waals surface area contributed by atoms with Crippen molar-refractivity contribution in [3.63, 3.8) is 0 Å². The molecule has 0 saturated heterocycles. The normalized spacial score (nSPS) is 23.0. The molecule has 0 N–H and O–H groups in total. The Morgan fingerprint density at radius 1 is 1.40 bits per heavy atom. The Morgan fingerprint density at radius 3 is 2.50 bits per heavy atom. The van der Waals surface area contributed by atoms with E-state index in [1.54, 1.807) is 0 Å². The molecule has 0 amide bonds. The third-order valence-electron chi connectivity index (χ3n) is 2.71. The molecule has 0 aromatic heterocycles. The van der Waals surface area contributed by atoms with Gasteiger partial charge in [0.2, 0.25) is 0 Å². The van der Waals surface area contributed by atoms with Crippen LogP contribution >= 0.6 is 0 Å². The number of rotatable bonds is 3. The Morgan fingerprint density at radius 2 is 2.10 bits per heavy atom. The van der Waals surface area contributed by atoms with Crippen molar-refractivity contribution in [2.45, 2.75) is 46.0 Å². The molecular formula is C10H18. The van der Waals surface area contributed by atoms with Crippen molar-refractivity contribution in [1.82, 2.24) is 0 Å². The fourth-order valence-corrected chi connectivity index (χ4v) is 1.63. The van der Waals surface area contributed by atoms with Gasteiger partial charge in [0.1, 0.15) is 0 Å². The second-order valence-corrected chi connectivity index (χ2v) is 3.77. The largest absolute Gasteiger partial charge is 0.0917 e. The Labute approximate surface area is 64.3 Å². The maximum absolute atomic E-state index is 2.42. The molecule has 1 aliphatic rings. The van der Waals surface area contributed by atoms with Crippen LogP contribution in [-0.2, 0) is 0 Å². The molecular weight excluding hydrogens is 120 g/mol. The molecule has 0 radical (unpaired) electrons. The SMILES string of the molecule is CC=CCCC1(C)CCC1. The van der Waals surface area contributed by atoms with Crippen molar-refractivity contribution in [1.29, 1.82) is 0 Å². The standard InChI is InChI=1S/C10H18/c1-3-4-5-7-10(2)8-6-9-10/h3-4H,5-9H2,1-2H3. The van der Waals surface area contributed by atoms with Crippen LogP contribution in [0, 0.1) is 5.41 Å². The summed E-state index contributed by atoms with van der Waals surface area (Å²) in [6.45, 7) is 4.52. The van der Waals surface area contributed by atoms with E-state index in [2.05, 4.69) is 26.0 Å². The van der Waals surface area contributed by atoms with Crippen molar-refractivity contribution < 1.29 is 0 Å². The summed E-state index contributed by atoms with van der Waals surface area (Å²) in [4.78, 5) is 0. The van der Waals surface area contributed by atoms with Crippen LogP contribution < -0.4 is 0 Å². The molecule has 1 aliphatic carbocycles. The van der Waals surface area contributed by atoms with Gasteiger partial charge in [0, 0.05) is 0 Å². The summed E-state index contributed by atoms with van der Waals surface area (Å²) in [6.07, 6.45) is 11.5. The van der Waals surface area contributed by atoms with E-state index in [0.29, 0.717) is 0 Å². The van der Waals surface area contributed by atoms with Gasteiger partial charge in [0.15, 0.2) is 0 Å². The van der Waals surface area contributed by atoms with Crippen LogP contribution in [0.5, 0.6) is 0 Å². The Balaban J connectivity index is 2.12. The van der Waals surface area contributed by atoms with Gasteiger partial charge < -0.3 is 0 Å². The Hall–Kier alpha value is -0.260. The van der Waals surface area contributed by atoms with E-state index in [4.69, 9.17) is 0 Å². The zero-order valence-corrected chi connectivity index (χ0v) is 7.19. The van der Waals surface area contributed by atoms with E-state index >= 15 is 0 Å². The molecule has 0 unspecified atom stereocenters. The second kappa shape index (κ2) is 3.23. The van der Waals surface area contributed by atoms with Crippen LogP contribution in [-0.4, -0.2) is 0 Å². The molecule has 1 fully saturated rings. The van der Waals surface area contributed by atoms with Crippen LogP contribution in [0.2, 0.25) is 0 Å². The lowest BCUT2D eigenvalue weighted by atomic mass is 9.68. The summed E-state index contributed by atoms with van der Waals surface area (Å²) < 4.78 is 0. The van der Waals surface area contributed by atoms with E-state index < -0.39 is 0 Å². The van der Waals surface area contributed by atoms with Crippen molar-refractivity contribution >= 4 is 0 Å². The molecule has 1 saturated carbocycles. The maximum atomic E-state index is 2.42. The molecule has 10 heavy (non-hydrogen) atoms. The summed E-state index contributed by atoms with van der Waals surface area (Å²) >= 11 is 0. The quantitative estimate of drug-likeness (QED) is 0.523. The average Bonchev–Trinajstić information content (AvgIpc) is 1.85. The third kappa shape index (κ3) is 1.86. The lowest BCUT2D eigenvalue weighted by Gasteiger charge is -2.38. The molecule has 1 rings (SSSR count). The summed E-state index contributed by atoms with van der Waals surface area (Å²) in [5, 5.41) is 0. The molecule has 0 aromatic rings. The molecule has 0 aromatic carbocycles. The van der Waals surface area contributed by atoms with E-state index in [1.807, 2.05) is 0 Å². The monoisotopic (exact) mass is 138 g/mol. The smallest absolute Gasteiger partial charge is 0.0323 e. The first-order valence-corrected chi connectivity index (χ1v) is 4.38. The van der Waals surface area contributed by atoms with Crippen molar-refractivity contribution in [2.75, 3.05) is 0 Å². The van der Waals surface area contributed by atoms with Gasteiger partial charge in [-0.15, -0.1) is 0 Å². The average molecular weight is 138 g/mol. The first kappa shape index (κ1) is 7.84. The first-order chi connectivity index (χ1) is 4.77. The van der Waals surface area contributed by atoms with Gasteiger partial charge in [-0.3, -0.25) is 0 Å². The van der Waals surface area contributed by atoms with Gasteiger partial charge in [0.05, 0.1) is 0 Å². The molecule has 0 spiro atoms. The summed E-state index contributed by atoms with van der Waals surface area (Å²) in [7, 11) is 0. The molecule has 0 heteroatoms. The minimum Gasteiger partial charge on any atom is -0.0917 e. The zero-order chi connectivity index (χ0) is 7.45. The molecule has 58 valence electrons. The minimum absolute atomic E-state index is 0.722. The predicted molar refractivity (Wildman–Crippen MR) is 46.0 cm³/mol. The van der Waals surface area contributed by atoms with Crippen molar-refractivity contribution in [3.8, 4) is 0 Å². The van der Waals surface area contributed by atoms with Crippen LogP contribution in [0.1, 0.15) is 46.0 Å².